The van der Waals surface area contributed by atoms with Crippen LogP contribution in [0.2, 0.25) is 5.02 Å². The molecule has 0 unspecified atom stereocenters. The molecule has 0 aliphatic heterocycles. The molecule has 0 aliphatic carbocycles. The van der Waals surface area contributed by atoms with E-state index >= 15 is 0 Å². The van der Waals surface area contributed by atoms with Gasteiger partial charge in [0.2, 0.25) is 0 Å². The van der Waals surface area contributed by atoms with Crippen LogP contribution in [0.4, 0.5) is 14.5 Å². The maximum atomic E-state index is 13.7. The molecule has 0 fully saturated rings. The second-order valence-electron chi connectivity index (χ2n) is 4.16. The highest BCUT2D eigenvalue weighted by molar-refractivity contribution is 7.92. The molecule has 9 heteroatoms. The van der Waals surface area contributed by atoms with E-state index in [1.807, 2.05) is 4.72 Å². The molecule has 5 nitrogen and oxygen atoms in total. The van der Waals surface area contributed by atoms with Gasteiger partial charge in [-0.15, -0.1) is 0 Å². The Balaban J connectivity index is 2.40. The van der Waals surface area contributed by atoms with Crippen LogP contribution in [0.3, 0.4) is 0 Å². The van der Waals surface area contributed by atoms with Crippen molar-refractivity contribution < 1.29 is 27.1 Å². The fourth-order valence-electron chi connectivity index (χ4n) is 1.64. The van der Waals surface area contributed by atoms with E-state index in [9.17, 15) is 22.0 Å². The second kappa shape index (κ2) is 5.90. The summed E-state index contributed by atoms with van der Waals surface area (Å²) in [5, 5.41) is 8.26. The van der Waals surface area contributed by atoms with Gasteiger partial charge >= 0.3 is 5.97 Å². The van der Waals surface area contributed by atoms with Crippen molar-refractivity contribution in [3.8, 4) is 0 Å². The molecule has 0 saturated heterocycles. The number of anilines is 1. The molecule has 0 aliphatic rings. The van der Waals surface area contributed by atoms with E-state index < -0.39 is 37.5 Å². The molecular weight excluding hydrogens is 340 g/mol. The summed E-state index contributed by atoms with van der Waals surface area (Å²) < 4.78 is 53.0. The van der Waals surface area contributed by atoms with E-state index in [-0.39, 0.29) is 11.3 Å². The van der Waals surface area contributed by atoms with E-state index in [1.165, 1.54) is 12.1 Å². The number of nitrogens with one attached hydrogen (secondary N) is 1. The normalized spacial score (nSPS) is 11.2. The summed E-state index contributed by atoms with van der Waals surface area (Å²) in [6.45, 7) is 0. The highest BCUT2D eigenvalue weighted by Crippen LogP contribution is 2.28. The molecule has 0 spiro atoms. The maximum absolute atomic E-state index is 13.7. The number of benzene rings is 2. The summed E-state index contributed by atoms with van der Waals surface area (Å²) in [5.74, 6) is -4.14. The van der Waals surface area contributed by atoms with Gasteiger partial charge in [0, 0.05) is 5.69 Å². The molecule has 0 amide bonds. The predicted molar refractivity (Wildman–Crippen MR) is 75.6 cm³/mol. The number of aromatic carboxylic acids is 1. The van der Waals surface area contributed by atoms with E-state index in [1.54, 1.807) is 0 Å². The van der Waals surface area contributed by atoms with Gasteiger partial charge in [-0.2, -0.15) is 0 Å². The number of carboxylic acid groups (broad SMARTS) is 1. The third-order valence-corrected chi connectivity index (χ3v) is 4.52. The lowest BCUT2D eigenvalue weighted by Crippen LogP contribution is -2.16. The maximum Gasteiger partial charge on any atom is 0.335 e. The van der Waals surface area contributed by atoms with Gasteiger partial charge in [0.15, 0.2) is 11.6 Å². The van der Waals surface area contributed by atoms with E-state index in [0.717, 1.165) is 18.2 Å². The van der Waals surface area contributed by atoms with Crippen LogP contribution in [0.1, 0.15) is 10.4 Å². The topological polar surface area (TPSA) is 83.5 Å². The van der Waals surface area contributed by atoms with Gasteiger partial charge in [0.1, 0.15) is 4.90 Å². The summed E-state index contributed by atoms with van der Waals surface area (Å²) in [6.07, 6.45) is 0. The summed E-state index contributed by atoms with van der Waals surface area (Å²) in [4.78, 5) is 9.68. The number of carbonyl (C=O) groups is 1. The van der Waals surface area contributed by atoms with Gasteiger partial charge in [-0.3, -0.25) is 4.72 Å². The second-order valence-corrected chi connectivity index (χ2v) is 6.19. The fraction of sp³-hybridized carbons (Fsp3) is 0. The van der Waals surface area contributed by atoms with Gasteiger partial charge in [0.05, 0.1) is 10.6 Å². The molecule has 0 radical (unpaired) electrons. The smallest absolute Gasteiger partial charge is 0.335 e. The van der Waals surface area contributed by atoms with Crippen LogP contribution in [-0.2, 0) is 10.0 Å². The van der Waals surface area contributed by atoms with Gasteiger partial charge in [-0.25, -0.2) is 22.0 Å². The molecule has 116 valence electrons. The Morgan fingerprint density at radius 1 is 1.09 bits per heavy atom. The van der Waals surface area contributed by atoms with Crippen LogP contribution < -0.4 is 4.72 Å². The third kappa shape index (κ3) is 3.18. The minimum Gasteiger partial charge on any atom is -0.478 e. The van der Waals surface area contributed by atoms with Crippen molar-refractivity contribution in [3.05, 3.63) is 58.6 Å². The zero-order valence-corrected chi connectivity index (χ0v) is 12.3. The van der Waals surface area contributed by atoms with Crippen molar-refractivity contribution in [2.45, 2.75) is 4.90 Å². The Bertz CT molecular complexity index is 838. The first-order chi connectivity index (χ1) is 10.2. The van der Waals surface area contributed by atoms with Crippen LogP contribution in [0, 0.1) is 11.6 Å². The van der Waals surface area contributed by atoms with E-state index in [0.29, 0.717) is 6.07 Å². The quantitative estimate of drug-likeness (QED) is 0.832. The van der Waals surface area contributed by atoms with Gasteiger partial charge < -0.3 is 5.11 Å². The van der Waals surface area contributed by atoms with Crippen molar-refractivity contribution in [1.82, 2.24) is 0 Å². The average molecular weight is 348 g/mol. The van der Waals surface area contributed by atoms with Gasteiger partial charge in [-0.05, 0) is 36.4 Å². The van der Waals surface area contributed by atoms with E-state index in [2.05, 4.69) is 0 Å². The third-order valence-electron chi connectivity index (χ3n) is 2.65. The minimum atomic E-state index is -4.47. The first kappa shape index (κ1) is 16.2. The number of carboxylic acids is 1. The largest absolute Gasteiger partial charge is 0.478 e. The summed E-state index contributed by atoms with van der Waals surface area (Å²) in [6, 6.07) is 6.28. The predicted octanol–water partition coefficient (Wildman–Crippen LogP) is 3.12. The lowest BCUT2D eigenvalue weighted by Gasteiger charge is -2.11. The van der Waals surface area contributed by atoms with Gasteiger partial charge in [0.25, 0.3) is 10.0 Å². The van der Waals surface area contributed by atoms with Crippen molar-refractivity contribution in [2.75, 3.05) is 4.72 Å². The summed E-state index contributed by atoms with van der Waals surface area (Å²) in [7, 11) is -4.47. The highest BCUT2D eigenvalue weighted by atomic mass is 35.5. The van der Waals surface area contributed by atoms with Crippen molar-refractivity contribution >= 4 is 33.3 Å². The van der Waals surface area contributed by atoms with Crippen LogP contribution in [0.25, 0.3) is 0 Å². The molecular formula is C13H8ClF2NO4S. The molecule has 22 heavy (non-hydrogen) atoms. The number of halogens is 3. The SMILES string of the molecule is O=C(O)c1ccc(NS(=O)(=O)c2c(Cl)ccc(F)c2F)cc1. The standard InChI is InChI=1S/C13H8ClF2NO4S/c14-9-5-6-10(15)11(16)12(9)22(20,21)17-8-3-1-7(2-4-8)13(18)19/h1-6,17H,(H,18,19). The van der Waals surface area contributed by atoms with Gasteiger partial charge in [-0.1, -0.05) is 11.6 Å². The molecule has 0 atom stereocenters. The van der Waals surface area contributed by atoms with Crippen LogP contribution in [-0.4, -0.2) is 19.5 Å². The van der Waals surface area contributed by atoms with Crippen molar-refractivity contribution in [2.24, 2.45) is 0 Å². The van der Waals surface area contributed by atoms with Crippen LogP contribution in [0.5, 0.6) is 0 Å². The molecule has 0 heterocycles. The molecule has 2 aromatic rings. The fourth-order valence-corrected chi connectivity index (χ4v) is 3.30. The van der Waals surface area contributed by atoms with E-state index in [4.69, 9.17) is 16.7 Å². The summed E-state index contributed by atoms with van der Waals surface area (Å²) in [5.41, 5.74) is -0.0809. The Kier molecular flexibility index (Phi) is 4.34. The van der Waals surface area contributed by atoms with Crippen LogP contribution >= 0.6 is 11.6 Å². The highest BCUT2D eigenvalue weighted by Gasteiger charge is 2.25. The lowest BCUT2D eigenvalue weighted by atomic mass is 10.2. The summed E-state index contributed by atoms with van der Waals surface area (Å²) >= 11 is 5.62. The first-order valence-corrected chi connectivity index (χ1v) is 7.58. The Hall–Kier alpha value is -2.19. The molecule has 0 aromatic heterocycles. The first-order valence-electron chi connectivity index (χ1n) is 5.72. The molecule has 0 saturated carbocycles. The van der Waals surface area contributed by atoms with Crippen molar-refractivity contribution in [3.63, 3.8) is 0 Å². The Morgan fingerprint density at radius 3 is 2.23 bits per heavy atom. The number of hydrogen-bond donors (Lipinski definition) is 2. The minimum absolute atomic E-state index is 0.0234. The Morgan fingerprint density at radius 2 is 1.68 bits per heavy atom. The number of rotatable bonds is 4. The molecule has 2 N–H and O–H groups in total. The monoisotopic (exact) mass is 347 g/mol. The van der Waals surface area contributed by atoms with Crippen LogP contribution in [0.15, 0.2) is 41.3 Å². The molecule has 2 rings (SSSR count). The average Bonchev–Trinajstić information content (AvgIpc) is 2.43. The molecule has 0 bridgehead atoms. The number of sulfonamides is 1. The molecule has 2 aromatic carbocycles. The zero-order valence-electron chi connectivity index (χ0n) is 10.7. The lowest BCUT2D eigenvalue weighted by molar-refractivity contribution is 0.0697. The zero-order chi connectivity index (χ0) is 16.5. The van der Waals surface area contributed by atoms with Crippen molar-refractivity contribution in [1.29, 1.82) is 0 Å². The number of hydrogen-bond acceptors (Lipinski definition) is 3. The Labute approximate surface area is 129 Å².